The molecule has 0 heterocycles. The second-order valence-electron chi connectivity index (χ2n) is 6.05. The molecule has 0 aromatic carbocycles. The van der Waals surface area contributed by atoms with Gasteiger partial charge < -0.3 is 10.2 Å². The molecule has 0 spiro atoms. The second kappa shape index (κ2) is 4.66. The summed E-state index contributed by atoms with van der Waals surface area (Å²) in [4.78, 5) is 0. The van der Waals surface area contributed by atoms with Gasteiger partial charge >= 0.3 is 0 Å². The van der Waals surface area contributed by atoms with Crippen LogP contribution in [0.15, 0.2) is 0 Å². The van der Waals surface area contributed by atoms with E-state index in [1.165, 1.54) is 12.8 Å². The van der Waals surface area contributed by atoms with E-state index in [4.69, 9.17) is 0 Å². The van der Waals surface area contributed by atoms with Crippen LogP contribution in [0.5, 0.6) is 0 Å². The standard InChI is InChI=1S/C14H26O2/c1-12(13(15)8-4-2-5-9-13)14(16)10-6-3-7-11-14/h12,15-16H,2-11H2,1H3. The zero-order chi connectivity index (χ0) is 11.6. The van der Waals surface area contributed by atoms with E-state index in [1.54, 1.807) is 0 Å². The summed E-state index contributed by atoms with van der Waals surface area (Å²) in [5.41, 5.74) is -1.19. The van der Waals surface area contributed by atoms with E-state index in [0.29, 0.717) is 0 Å². The van der Waals surface area contributed by atoms with Crippen molar-refractivity contribution in [1.29, 1.82) is 0 Å². The first-order valence-electron chi connectivity index (χ1n) is 7.02. The normalized spacial score (nSPS) is 29.2. The highest BCUT2D eigenvalue weighted by Gasteiger charge is 2.46. The molecule has 2 nitrogen and oxygen atoms in total. The van der Waals surface area contributed by atoms with Crippen LogP contribution in [0.4, 0.5) is 0 Å². The highest BCUT2D eigenvalue weighted by molar-refractivity contribution is 4.98. The maximum absolute atomic E-state index is 10.7. The number of aliphatic hydroxyl groups is 2. The first-order valence-corrected chi connectivity index (χ1v) is 7.02. The van der Waals surface area contributed by atoms with Gasteiger partial charge in [0.1, 0.15) is 0 Å². The minimum Gasteiger partial charge on any atom is -0.390 e. The van der Waals surface area contributed by atoms with Crippen LogP contribution in [0.1, 0.15) is 71.1 Å². The molecular formula is C14H26O2. The third-order valence-electron chi connectivity index (χ3n) is 5.05. The lowest BCUT2D eigenvalue weighted by Gasteiger charge is -2.47. The van der Waals surface area contributed by atoms with Crippen molar-refractivity contribution in [2.24, 2.45) is 5.92 Å². The molecule has 2 fully saturated rings. The first kappa shape index (κ1) is 12.4. The molecule has 2 aliphatic rings. The number of rotatable bonds is 2. The molecule has 0 bridgehead atoms. The fourth-order valence-corrected chi connectivity index (χ4v) is 3.69. The summed E-state index contributed by atoms with van der Waals surface area (Å²) in [6.45, 7) is 2.07. The van der Waals surface area contributed by atoms with E-state index in [2.05, 4.69) is 6.92 Å². The number of hydrogen-bond acceptors (Lipinski definition) is 2. The smallest absolute Gasteiger partial charge is 0.0700 e. The summed E-state index contributed by atoms with van der Waals surface area (Å²) in [5, 5.41) is 21.4. The van der Waals surface area contributed by atoms with Gasteiger partial charge in [0.2, 0.25) is 0 Å². The zero-order valence-electron chi connectivity index (χ0n) is 10.5. The molecule has 2 saturated carbocycles. The average molecular weight is 226 g/mol. The maximum atomic E-state index is 10.7. The lowest BCUT2D eigenvalue weighted by atomic mass is 9.65. The Morgan fingerprint density at radius 1 is 0.688 bits per heavy atom. The molecule has 2 heteroatoms. The van der Waals surface area contributed by atoms with Crippen molar-refractivity contribution in [3.05, 3.63) is 0 Å². The predicted octanol–water partition coefficient (Wildman–Crippen LogP) is 3.01. The molecule has 94 valence electrons. The van der Waals surface area contributed by atoms with Crippen LogP contribution < -0.4 is 0 Å². The van der Waals surface area contributed by atoms with Gasteiger partial charge in [0.25, 0.3) is 0 Å². The third kappa shape index (κ3) is 2.28. The topological polar surface area (TPSA) is 40.5 Å². The molecule has 0 atom stereocenters. The van der Waals surface area contributed by atoms with E-state index < -0.39 is 11.2 Å². The highest BCUT2D eigenvalue weighted by atomic mass is 16.3. The fraction of sp³-hybridized carbons (Fsp3) is 1.00. The van der Waals surface area contributed by atoms with E-state index >= 15 is 0 Å². The molecule has 0 radical (unpaired) electrons. The molecular weight excluding hydrogens is 200 g/mol. The van der Waals surface area contributed by atoms with Crippen molar-refractivity contribution in [2.45, 2.75) is 82.3 Å². The molecule has 0 unspecified atom stereocenters. The Morgan fingerprint density at radius 3 is 1.31 bits per heavy atom. The van der Waals surface area contributed by atoms with Crippen molar-refractivity contribution in [3.8, 4) is 0 Å². The second-order valence-corrected chi connectivity index (χ2v) is 6.05. The molecule has 0 aliphatic heterocycles. The molecule has 2 rings (SSSR count). The van der Waals surface area contributed by atoms with E-state index in [1.807, 2.05) is 0 Å². The van der Waals surface area contributed by atoms with Crippen LogP contribution in [0.3, 0.4) is 0 Å². The van der Waals surface area contributed by atoms with Crippen molar-refractivity contribution in [3.63, 3.8) is 0 Å². The monoisotopic (exact) mass is 226 g/mol. The molecule has 2 aliphatic carbocycles. The third-order valence-corrected chi connectivity index (χ3v) is 5.05. The summed E-state index contributed by atoms with van der Waals surface area (Å²) in [6, 6.07) is 0. The lowest BCUT2D eigenvalue weighted by Crippen LogP contribution is -2.52. The first-order chi connectivity index (χ1) is 7.57. The van der Waals surface area contributed by atoms with E-state index in [9.17, 15) is 10.2 Å². The SMILES string of the molecule is CC(C1(O)CCCCC1)C1(O)CCCCC1. The van der Waals surface area contributed by atoms with E-state index in [-0.39, 0.29) is 5.92 Å². The Kier molecular flexibility index (Phi) is 3.60. The molecule has 0 aromatic heterocycles. The van der Waals surface area contributed by atoms with Gasteiger partial charge in [-0.2, -0.15) is 0 Å². The molecule has 2 N–H and O–H groups in total. The van der Waals surface area contributed by atoms with Gasteiger partial charge in [-0.1, -0.05) is 45.4 Å². The Morgan fingerprint density at radius 2 is 1.00 bits per heavy atom. The molecule has 16 heavy (non-hydrogen) atoms. The highest BCUT2D eigenvalue weighted by Crippen LogP contribution is 2.44. The largest absolute Gasteiger partial charge is 0.390 e. The molecule has 0 saturated heterocycles. The molecule has 0 amide bonds. The van der Waals surface area contributed by atoms with Crippen LogP contribution in [0.2, 0.25) is 0 Å². The average Bonchev–Trinajstić information content (AvgIpc) is 2.30. The van der Waals surface area contributed by atoms with Gasteiger partial charge in [-0.15, -0.1) is 0 Å². The van der Waals surface area contributed by atoms with Gasteiger partial charge in [-0.25, -0.2) is 0 Å². The van der Waals surface area contributed by atoms with Gasteiger partial charge in [-0.05, 0) is 25.7 Å². The van der Waals surface area contributed by atoms with Crippen LogP contribution in [0.25, 0.3) is 0 Å². The summed E-state index contributed by atoms with van der Waals surface area (Å²) in [5.74, 6) is 0.0422. The van der Waals surface area contributed by atoms with Gasteiger partial charge in [0.15, 0.2) is 0 Å². The van der Waals surface area contributed by atoms with Gasteiger partial charge in [0, 0.05) is 5.92 Å². The van der Waals surface area contributed by atoms with Crippen LogP contribution in [-0.2, 0) is 0 Å². The summed E-state index contributed by atoms with van der Waals surface area (Å²) < 4.78 is 0. The van der Waals surface area contributed by atoms with Crippen LogP contribution in [0, 0.1) is 5.92 Å². The van der Waals surface area contributed by atoms with Crippen molar-refractivity contribution in [1.82, 2.24) is 0 Å². The molecule has 0 aromatic rings. The quantitative estimate of drug-likeness (QED) is 0.760. The van der Waals surface area contributed by atoms with Gasteiger partial charge in [0.05, 0.1) is 11.2 Å². The van der Waals surface area contributed by atoms with Crippen molar-refractivity contribution < 1.29 is 10.2 Å². The van der Waals surface area contributed by atoms with Crippen LogP contribution >= 0.6 is 0 Å². The Labute approximate surface area is 99.1 Å². The Balaban J connectivity index is 2.06. The van der Waals surface area contributed by atoms with Crippen molar-refractivity contribution in [2.75, 3.05) is 0 Å². The zero-order valence-corrected chi connectivity index (χ0v) is 10.5. The van der Waals surface area contributed by atoms with Crippen LogP contribution in [-0.4, -0.2) is 21.4 Å². The minimum atomic E-state index is -0.593. The summed E-state index contributed by atoms with van der Waals surface area (Å²) in [6.07, 6.45) is 10.5. The predicted molar refractivity (Wildman–Crippen MR) is 65.2 cm³/mol. The van der Waals surface area contributed by atoms with Crippen molar-refractivity contribution >= 4 is 0 Å². The summed E-state index contributed by atoms with van der Waals surface area (Å²) in [7, 11) is 0. The Bertz CT molecular complexity index is 201. The maximum Gasteiger partial charge on any atom is 0.0700 e. The fourth-order valence-electron chi connectivity index (χ4n) is 3.69. The van der Waals surface area contributed by atoms with E-state index in [0.717, 1.165) is 51.4 Å². The number of hydrogen-bond donors (Lipinski definition) is 2. The summed E-state index contributed by atoms with van der Waals surface area (Å²) >= 11 is 0. The van der Waals surface area contributed by atoms with Gasteiger partial charge in [-0.3, -0.25) is 0 Å². The minimum absolute atomic E-state index is 0.0422. The Hall–Kier alpha value is -0.0800. The lowest BCUT2D eigenvalue weighted by molar-refractivity contribution is -0.146.